The molecule has 0 unspecified atom stereocenters. The highest BCUT2D eigenvalue weighted by Crippen LogP contribution is 2.32. The first kappa shape index (κ1) is 25.2. The van der Waals surface area contributed by atoms with E-state index in [0.717, 1.165) is 28.1 Å². The maximum Gasteiger partial charge on any atom is 0.294 e. The van der Waals surface area contributed by atoms with Crippen LogP contribution in [0, 0.1) is 20.8 Å². The molecule has 1 aromatic heterocycles. The van der Waals surface area contributed by atoms with Gasteiger partial charge in [0.25, 0.3) is 10.1 Å². The highest BCUT2D eigenvalue weighted by Gasteiger charge is 2.22. The van der Waals surface area contributed by atoms with Gasteiger partial charge in [-0.25, -0.2) is 0 Å². The Bertz CT molecular complexity index is 1540. The molecule has 0 saturated heterocycles. The Kier molecular flexibility index (Phi) is 7.20. The zero-order chi connectivity index (χ0) is 25.3. The molecule has 2 heterocycles. The molecule has 0 spiro atoms. The van der Waals surface area contributed by atoms with E-state index >= 15 is 0 Å². The van der Waals surface area contributed by atoms with Crippen LogP contribution in [0.2, 0.25) is 10.0 Å². The van der Waals surface area contributed by atoms with E-state index in [-0.39, 0.29) is 4.90 Å². The quantitative estimate of drug-likeness (QED) is 0.286. The van der Waals surface area contributed by atoms with Crippen molar-refractivity contribution in [3.05, 3.63) is 116 Å². The fourth-order valence-electron chi connectivity index (χ4n) is 3.99. The minimum absolute atomic E-state index is 0.0666. The van der Waals surface area contributed by atoms with Crippen molar-refractivity contribution >= 4 is 39.0 Å². The number of aromatic nitrogens is 1. The Morgan fingerprint density at radius 2 is 1.57 bits per heavy atom. The third kappa shape index (κ3) is 5.36. The minimum atomic E-state index is -4.02. The van der Waals surface area contributed by atoms with Crippen LogP contribution in [-0.2, 0) is 16.7 Å². The predicted molar refractivity (Wildman–Crippen MR) is 142 cm³/mol. The molecule has 0 fully saturated rings. The molecule has 35 heavy (non-hydrogen) atoms. The lowest BCUT2D eigenvalue weighted by molar-refractivity contribution is 0.483. The number of nitrogens with zero attached hydrogens (tertiary/aromatic N) is 2. The second kappa shape index (κ2) is 9.99. The fraction of sp³-hybridized carbons (Fsp3) is 0.148. The molecule has 0 radical (unpaired) electrons. The molecule has 0 amide bonds. The number of aryl methyl sites for hydroxylation is 2. The third-order valence-electron chi connectivity index (χ3n) is 5.88. The molecule has 0 saturated carbocycles. The molecule has 1 N–H and O–H groups in total. The third-order valence-corrected chi connectivity index (χ3v) is 7.31. The van der Waals surface area contributed by atoms with Gasteiger partial charge >= 0.3 is 0 Å². The molecular formula is C27H24Cl2N2O3S. The summed E-state index contributed by atoms with van der Waals surface area (Å²) in [4.78, 5) is 4.82. The van der Waals surface area contributed by atoms with Crippen molar-refractivity contribution in [3.8, 4) is 5.69 Å². The zero-order valence-corrected chi connectivity index (χ0v) is 21.8. The van der Waals surface area contributed by atoms with Crippen LogP contribution in [0.1, 0.15) is 33.6 Å². The number of hydrogen-bond donors (Lipinski definition) is 1. The molecule has 180 valence electrons. The second-order valence-corrected chi connectivity index (χ2v) is 10.6. The molecule has 1 aliphatic heterocycles. The normalized spacial score (nSPS) is 12.6. The maximum atomic E-state index is 10.5. The van der Waals surface area contributed by atoms with Gasteiger partial charge in [0.2, 0.25) is 0 Å². The molecule has 1 aliphatic rings. The van der Waals surface area contributed by atoms with Crippen molar-refractivity contribution in [2.24, 2.45) is 4.99 Å². The summed E-state index contributed by atoms with van der Waals surface area (Å²) in [5, 5.41) is 1.39. The molecule has 5 nitrogen and oxygen atoms in total. The van der Waals surface area contributed by atoms with Crippen LogP contribution in [0.15, 0.2) is 82.7 Å². The predicted octanol–water partition coefficient (Wildman–Crippen LogP) is 6.99. The average molecular weight is 527 g/mol. The van der Waals surface area contributed by atoms with Crippen LogP contribution in [-0.4, -0.2) is 23.2 Å². The molecule has 0 atom stereocenters. The first-order valence-electron chi connectivity index (χ1n) is 10.9. The van der Waals surface area contributed by atoms with Crippen LogP contribution in [0.3, 0.4) is 0 Å². The fourth-order valence-corrected chi connectivity index (χ4v) is 4.87. The Balaban J connectivity index is 0.000000221. The van der Waals surface area contributed by atoms with E-state index in [2.05, 4.69) is 30.5 Å². The number of benzene rings is 3. The summed E-state index contributed by atoms with van der Waals surface area (Å²) in [6.07, 6.45) is 0. The smallest absolute Gasteiger partial charge is 0.294 e. The van der Waals surface area contributed by atoms with Gasteiger partial charge in [-0.2, -0.15) is 8.42 Å². The van der Waals surface area contributed by atoms with Crippen molar-refractivity contribution in [1.29, 1.82) is 0 Å². The number of hydrogen-bond acceptors (Lipinski definition) is 3. The van der Waals surface area contributed by atoms with Crippen molar-refractivity contribution in [2.45, 2.75) is 32.2 Å². The van der Waals surface area contributed by atoms with Gasteiger partial charge in [-0.05, 0) is 68.8 Å². The summed E-state index contributed by atoms with van der Waals surface area (Å²) in [7, 11) is -4.02. The highest BCUT2D eigenvalue weighted by molar-refractivity contribution is 7.85. The van der Waals surface area contributed by atoms with Gasteiger partial charge in [0.05, 0.1) is 22.8 Å². The van der Waals surface area contributed by atoms with Gasteiger partial charge < -0.3 is 4.57 Å². The molecule has 5 rings (SSSR count). The van der Waals surface area contributed by atoms with Crippen LogP contribution < -0.4 is 0 Å². The minimum Gasteiger partial charge on any atom is -0.315 e. The Labute approximate surface area is 215 Å². The Hall–Kier alpha value is -2.90. The molecule has 0 bridgehead atoms. The summed E-state index contributed by atoms with van der Waals surface area (Å²) in [6.45, 7) is 6.72. The lowest BCUT2D eigenvalue weighted by Crippen LogP contribution is -2.08. The lowest BCUT2D eigenvalue weighted by atomic mass is 10.00. The number of rotatable bonds is 2. The van der Waals surface area contributed by atoms with Gasteiger partial charge in [-0.15, -0.1) is 0 Å². The van der Waals surface area contributed by atoms with Gasteiger partial charge in [-0.3, -0.25) is 9.55 Å². The SMILES string of the molecule is Cc1cc2n(c1C)-c1ccc(Cl)cc1C(c1ccccc1Cl)=NC2.Cc1ccc(S(=O)(=O)O)cc1. The second-order valence-electron chi connectivity index (χ2n) is 8.33. The molecule has 3 aromatic carbocycles. The number of aliphatic imine (C=N–C) groups is 1. The zero-order valence-electron chi connectivity index (χ0n) is 19.5. The van der Waals surface area contributed by atoms with Crippen LogP contribution >= 0.6 is 23.2 Å². The van der Waals surface area contributed by atoms with E-state index in [0.29, 0.717) is 16.6 Å². The van der Waals surface area contributed by atoms with E-state index in [1.54, 1.807) is 12.1 Å². The van der Waals surface area contributed by atoms with Crippen LogP contribution in [0.4, 0.5) is 0 Å². The van der Waals surface area contributed by atoms with E-state index in [4.69, 9.17) is 32.7 Å². The van der Waals surface area contributed by atoms with Crippen molar-refractivity contribution in [1.82, 2.24) is 4.57 Å². The Morgan fingerprint density at radius 3 is 2.23 bits per heavy atom. The van der Waals surface area contributed by atoms with Crippen LogP contribution in [0.5, 0.6) is 0 Å². The van der Waals surface area contributed by atoms with E-state index in [1.165, 1.54) is 29.1 Å². The highest BCUT2D eigenvalue weighted by atomic mass is 35.5. The molecular weight excluding hydrogens is 503 g/mol. The Morgan fingerprint density at radius 1 is 0.886 bits per heavy atom. The largest absolute Gasteiger partial charge is 0.315 e. The van der Waals surface area contributed by atoms with Gasteiger partial charge in [0.1, 0.15) is 0 Å². The van der Waals surface area contributed by atoms with E-state index < -0.39 is 10.1 Å². The first-order valence-corrected chi connectivity index (χ1v) is 13.1. The number of fused-ring (bicyclic) bond motifs is 3. The van der Waals surface area contributed by atoms with Crippen molar-refractivity contribution < 1.29 is 13.0 Å². The molecule has 4 aromatic rings. The van der Waals surface area contributed by atoms with E-state index in [9.17, 15) is 8.42 Å². The molecule has 8 heteroatoms. The standard InChI is InChI=1S/C20H16Cl2N2.C7H8O3S/c1-12-9-15-11-23-20(16-5-3-4-6-18(16)22)17-10-14(21)7-8-19(17)24(15)13(12)2;1-6-2-4-7(5-3-6)11(8,9)10/h3-10H,11H2,1-2H3;2-5H,1H3,(H,8,9,10). The topological polar surface area (TPSA) is 71.7 Å². The summed E-state index contributed by atoms with van der Waals surface area (Å²) < 4.78 is 31.8. The summed E-state index contributed by atoms with van der Waals surface area (Å²) in [5.74, 6) is 0. The average Bonchev–Trinajstić information content (AvgIpc) is 2.99. The summed E-state index contributed by atoms with van der Waals surface area (Å²) in [5.41, 5.74) is 8.55. The van der Waals surface area contributed by atoms with Crippen molar-refractivity contribution in [3.63, 3.8) is 0 Å². The lowest BCUT2D eigenvalue weighted by Gasteiger charge is -2.15. The maximum absolute atomic E-state index is 10.5. The summed E-state index contributed by atoms with van der Waals surface area (Å²) >= 11 is 12.7. The van der Waals surface area contributed by atoms with Gasteiger partial charge in [0.15, 0.2) is 0 Å². The van der Waals surface area contributed by atoms with E-state index in [1.807, 2.05) is 43.3 Å². The number of halogens is 2. The van der Waals surface area contributed by atoms with Gasteiger partial charge in [0, 0.05) is 32.6 Å². The van der Waals surface area contributed by atoms with Gasteiger partial charge in [-0.1, -0.05) is 59.1 Å². The first-order chi connectivity index (χ1) is 16.6. The summed E-state index contributed by atoms with van der Waals surface area (Å²) in [6, 6.07) is 22.0. The molecule has 0 aliphatic carbocycles. The van der Waals surface area contributed by atoms with Crippen LogP contribution in [0.25, 0.3) is 5.69 Å². The van der Waals surface area contributed by atoms with Crippen molar-refractivity contribution in [2.75, 3.05) is 0 Å². The monoisotopic (exact) mass is 526 g/mol.